The number of benzene rings is 3. The minimum atomic E-state index is -2.01. The second-order valence-electron chi connectivity index (χ2n) is 6.21. The first kappa shape index (κ1) is 18.2. The molecule has 0 radical (unpaired) electrons. The molecule has 0 unspecified atom stereocenters. The lowest BCUT2D eigenvalue weighted by Gasteiger charge is -2.15. The topological polar surface area (TPSA) is 26.3 Å². The van der Waals surface area contributed by atoms with Crippen LogP contribution in [0.4, 0.5) is 4.39 Å². The second-order valence-corrected chi connectivity index (χ2v) is 8.24. The SMILES string of the molecule is CC(C)(F)OC(=O)c1cccc([S+](c2ccccc2)c2ccccc2)c1. The van der Waals surface area contributed by atoms with E-state index in [4.69, 9.17) is 4.74 Å². The van der Waals surface area contributed by atoms with Crippen LogP contribution in [0.2, 0.25) is 0 Å². The minimum Gasteiger partial charge on any atom is -0.426 e. The van der Waals surface area contributed by atoms with E-state index in [0.29, 0.717) is 5.56 Å². The largest absolute Gasteiger partial charge is 0.426 e. The predicted molar refractivity (Wildman–Crippen MR) is 102 cm³/mol. The van der Waals surface area contributed by atoms with Crippen molar-refractivity contribution >= 4 is 16.9 Å². The fourth-order valence-corrected chi connectivity index (χ4v) is 4.69. The van der Waals surface area contributed by atoms with Crippen molar-refractivity contribution in [3.8, 4) is 0 Å². The Labute approximate surface area is 156 Å². The third-order valence-corrected chi connectivity index (χ3v) is 5.81. The van der Waals surface area contributed by atoms with Crippen LogP contribution in [0.5, 0.6) is 0 Å². The van der Waals surface area contributed by atoms with Crippen LogP contribution in [0.3, 0.4) is 0 Å². The zero-order valence-corrected chi connectivity index (χ0v) is 15.5. The van der Waals surface area contributed by atoms with Gasteiger partial charge < -0.3 is 4.74 Å². The maximum atomic E-state index is 13.7. The van der Waals surface area contributed by atoms with E-state index < -0.39 is 11.8 Å². The van der Waals surface area contributed by atoms with Crippen molar-refractivity contribution in [2.45, 2.75) is 34.4 Å². The summed E-state index contributed by atoms with van der Waals surface area (Å²) in [5.41, 5.74) is 0.345. The van der Waals surface area contributed by atoms with Crippen molar-refractivity contribution in [3.05, 3.63) is 90.5 Å². The highest BCUT2D eigenvalue weighted by molar-refractivity contribution is 7.97. The normalized spacial score (nSPS) is 11.4. The summed E-state index contributed by atoms with van der Waals surface area (Å²) in [6, 6.07) is 27.5. The monoisotopic (exact) mass is 367 g/mol. The van der Waals surface area contributed by atoms with Gasteiger partial charge in [-0.2, -0.15) is 4.39 Å². The smallest absolute Gasteiger partial charge is 0.341 e. The first-order chi connectivity index (χ1) is 12.4. The maximum Gasteiger partial charge on any atom is 0.341 e. The van der Waals surface area contributed by atoms with Gasteiger partial charge in [0.1, 0.15) is 0 Å². The summed E-state index contributed by atoms with van der Waals surface area (Å²) < 4.78 is 18.5. The molecule has 0 aliphatic rings. The van der Waals surface area contributed by atoms with Crippen molar-refractivity contribution in [2.75, 3.05) is 0 Å². The highest BCUT2D eigenvalue weighted by Gasteiger charge is 2.30. The molecule has 0 atom stereocenters. The standard InChI is InChI=1S/C22H20FO2S/c1-22(2,23)25-21(24)17-10-9-15-20(16-17)26(18-11-5-3-6-12-18)19-13-7-4-8-14-19/h3-16H,1-2H3/q+1. The van der Waals surface area contributed by atoms with Crippen LogP contribution in [-0.4, -0.2) is 11.8 Å². The van der Waals surface area contributed by atoms with E-state index in [2.05, 4.69) is 24.3 Å². The molecule has 0 saturated heterocycles. The van der Waals surface area contributed by atoms with Gasteiger partial charge in [0, 0.05) is 19.9 Å². The predicted octanol–water partition coefficient (Wildman–Crippen LogP) is 5.64. The van der Waals surface area contributed by atoms with Gasteiger partial charge in [-0.15, -0.1) is 0 Å². The highest BCUT2D eigenvalue weighted by Crippen LogP contribution is 2.31. The number of esters is 1. The van der Waals surface area contributed by atoms with Crippen LogP contribution in [0.25, 0.3) is 0 Å². The van der Waals surface area contributed by atoms with Gasteiger partial charge in [-0.25, -0.2) is 4.79 Å². The van der Waals surface area contributed by atoms with Crippen LogP contribution in [0, 0.1) is 0 Å². The fourth-order valence-electron chi connectivity index (χ4n) is 2.55. The molecule has 0 fully saturated rings. The molecular formula is C22H20FO2S+. The molecule has 2 nitrogen and oxygen atoms in total. The van der Waals surface area contributed by atoms with E-state index in [1.54, 1.807) is 12.1 Å². The number of rotatable bonds is 5. The zero-order valence-electron chi connectivity index (χ0n) is 14.7. The lowest BCUT2D eigenvalue weighted by atomic mass is 10.2. The number of hydrogen-bond donors (Lipinski definition) is 0. The summed E-state index contributed by atoms with van der Waals surface area (Å²) in [5.74, 6) is -2.67. The average molecular weight is 367 g/mol. The molecule has 0 amide bonds. The summed E-state index contributed by atoms with van der Waals surface area (Å²) >= 11 is 0. The lowest BCUT2D eigenvalue weighted by Crippen LogP contribution is -2.22. The van der Waals surface area contributed by atoms with Crippen molar-refractivity contribution in [3.63, 3.8) is 0 Å². The molecule has 132 valence electrons. The van der Waals surface area contributed by atoms with Gasteiger partial charge in [0.15, 0.2) is 14.7 Å². The Kier molecular flexibility index (Phi) is 5.43. The quantitative estimate of drug-likeness (QED) is 0.431. The number of ether oxygens (including phenoxy) is 1. The van der Waals surface area contributed by atoms with Crippen LogP contribution in [0.1, 0.15) is 24.2 Å². The molecule has 0 saturated carbocycles. The van der Waals surface area contributed by atoms with Gasteiger partial charge in [0.05, 0.1) is 16.5 Å². The van der Waals surface area contributed by atoms with Crippen molar-refractivity contribution in [2.24, 2.45) is 0 Å². The molecule has 0 bridgehead atoms. The van der Waals surface area contributed by atoms with Crippen molar-refractivity contribution < 1.29 is 13.9 Å². The lowest BCUT2D eigenvalue weighted by molar-refractivity contribution is -0.0758. The molecule has 3 rings (SSSR count). The molecule has 0 N–H and O–H groups in total. The van der Waals surface area contributed by atoms with Crippen molar-refractivity contribution in [1.82, 2.24) is 0 Å². The molecular weight excluding hydrogens is 347 g/mol. The average Bonchev–Trinajstić information content (AvgIpc) is 2.63. The second kappa shape index (κ2) is 7.75. The molecule has 0 aliphatic carbocycles. The Hall–Kier alpha value is -2.59. The maximum absolute atomic E-state index is 13.7. The van der Waals surface area contributed by atoms with Gasteiger partial charge in [-0.1, -0.05) is 42.5 Å². The first-order valence-corrected chi connectivity index (χ1v) is 9.53. The van der Waals surface area contributed by atoms with Crippen LogP contribution >= 0.6 is 0 Å². The third-order valence-electron chi connectivity index (χ3n) is 3.60. The summed E-state index contributed by atoms with van der Waals surface area (Å²) in [6.45, 7) is 2.43. The molecule has 0 aliphatic heterocycles. The van der Waals surface area contributed by atoms with E-state index in [9.17, 15) is 9.18 Å². The number of alkyl halides is 1. The van der Waals surface area contributed by atoms with Gasteiger partial charge in [-0.3, -0.25) is 0 Å². The Morgan fingerprint density at radius 3 is 1.81 bits per heavy atom. The Morgan fingerprint density at radius 1 is 0.808 bits per heavy atom. The zero-order chi connectivity index (χ0) is 18.6. The fraction of sp³-hybridized carbons (Fsp3) is 0.136. The molecule has 0 aromatic heterocycles. The molecule has 0 heterocycles. The Balaban J connectivity index is 2.03. The highest BCUT2D eigenvalue weighted by atomic mass is 32.2. The first-order valence-electron chi connectivity index (χ1n) is 8.31. The summed E-state index contributed by atoms with van der Waals surface area (Å²) in [4.78, 5) is 15.5. The van der Waals surface area contributed by atoms with Gasteiger partial charge in [-0.05, 0) is 36.4 Å². The Bertz CT molecular complexity index is 834. The van der Waals surface area contributed by atoms with Gasteiger partial charge >= 0.3 is 5.97 Å². The van der Waals surface area contributed by atoms with E-state index in [-0.39, 0.29) is 10.9 Å². The number of hydrogen-bond acceptors (Lipinski definition) is 2. The van der Waals surface area contributed by atoms with E-state index >= 15 is 0 Å². The molecule has 26 heavy (non-hydrogen) atoms. The molecule has 3 aromatic rings. The van der Waals surface area contributed by atoms with Crippen molar-refractivity contribution in [1.29, 1.82) is 0 Å². The van der Waals surface area contributed by atoms with Crippen LogP contribution in [0.15, 0.2) is 99.6 Å². The van der Waals surface area contributed by atoms with Gasteiger partial charge in [0.2, 0.25) is 5.85 Å². The summed E-state index contributed by atoms with van der Waals surface area (Å²) in [5, 5.41) is 0. The van der Waals surface area contributed by atoms with Gasteiger partial charge in [0.25, 0.3) is 0 Å². The van der Waals surface area contributed by atoms with E-state index in [1.807, 2.05) is 48.5 Å². The Morgan fingerprint density at radius 2 is 1.31 bits per heavy atom. The van der Waals surface area contributed by atoms with E-state index in [1.165, 1.54) is 13.8 Å². The number of halogens is 1. The third kappa shape index (κ3) is 4.52. The number of carbonyl (C=O) groups excluding carboxylic acids is 1. The molecule has 0 spiro atoms. The van der Waals surface area contributed by atoms with Crippen LogP contribution < -0.4 is 0 Å². The molecule has 3 aromatic carbocycles. The summed E-state index contributed by atoms with van der Waals surface area (Å²) in [6.07, 6.45) is 0. The number of carbonyl (C=O) groups is 1. The molecule has 4 heteroatoms. The minimum absolute atomic E-state index is 0.345. The van der Waals surface area contributed by atoms with E-state index in [0.717, 1.165) is 14.7 Å². The van der Waals surface area contributed by atoms with Crippen LogP contribution in [-0.2, 0) is 15.6 Å². The summed E-state index contributed by atoms with van der Waals surface area (Å²) in [7, 11) is -0.366.